The van der Waals surface area contributed by atoms with Crippen LogP contribution in [-0.2, 0) is 0 Å². The van der Waals surface area contributed by atoms with Gasteiger partial charge in [0.15, 0.2) is 47.1 Å². The number of rotatable bonds is 16. The maximum atomic E-state index is 10.3. The van der Waals surface area contributed by atoms with Gasteiger partial charge in [0, 0.05) is 68.3 Å². The van der Waals surface area contributed by atoms with Crippen molar-refractivity contribution in [2.24, 2.45) is 0 Å². The largest absolute Gasteiger partial charge is 0.508 e. The highest BCUT2D eigenvalue weighted by molar-refractivity contribution is 5.82. The molecule has 1 aliphatic heterocycles. The molecule has 11 aromatic rings. The molecule has 0 saturated heterocycles. The van der Waals surface area contributed by atoms with Crippen LogP contribution in [0.4, 0.5) is 0 Å². The molecule has 27 nitrogen and oxygen atoms in total. The second-order valence-electron chi connectivity index (χ2n) is 21.4. The summed E-state index contributed by atoms with van der Waals surface area (Å²) in [6, 6.07) is 59.4. The van der Waals surface area contributed by atoms with Gasteiger partial charge >= 0.3 is 0 Å². The normalized spacial score (nSPS) is 9.46. The number of aryl methyl sites for hydroxylation is 1. The first kappa shape index (κ1) is 91.7. The second-order valence-corrected chi connectivity index (χ2v) is 21.4. The van der Waals surface area contributed by atoms with Gasteiger partial charge in [0.25, 0.3) is 0 Å². The fourth-order valence-corrected chi connectivity index (χ4v) is 7.84. The minimum Gasteiger partial charge on any atom is -0.508 e. The van der Waals surface area contributed by atoms with E-state index in [1.54, 1.807) is 117 Å². The molecule has 12 rings (SSSR count). The lowest BCUT2D eigenvalue weighted by Gasteiger charge is -2.02. The van der Waals surface area contributed by atoms with Crippen molar-refractivity contribution in [1.29, 1.82) is 0 Å². The van der Waals surface area contributed by atoms with Crippen molar-refractivity contribution >= 4 is 69.1 Å². The Balaban J connectivity index is 0.000000415. The van der Waals surface area contributed by atoms with Crippen LogP contribution in [0.2, 0.25) is 0 Å². The smallest absolute Gasteiger partial charge is 0.231 e. The van der Waals surface area contributed by atoms with E-state index in [4.69, 9.17) is 79.1 Å². The Hall–Kier alpha value is -15.4. The third-order valence-corrected chi connectivity index (χ3v) is 13.5. The van der Waals surface area contributed by atoms with E-state index in [-0.39, 0.29) is 69.7 Å². The zero-order chi connectivity index (χ0) is 82.5. The maximum absolute atomic E-state index is 10.3. The van der Waals surface area contributed by atoms with Crippen LogP contribution in [-0.4, -0.2) is 157 Å². The molecule has 1 aliphatic rings. The van der Waals surface area contributed by atoms with Crippen molar-refractivity contribution < 1.29 is 132 Å². The Bertz CT molecular complexity index is 4640. The highest BCUT2D eigenvalue weighted by atomic mass is 16.7. The summed E-state index contributed by atoms with van der Waals surface area (Å²) in [6.07, 6.45) is 7.77. The number of hydrogen-bond donors (Lipinski definition) is 9. The number of ether oxygens (including phenoxy) is 7. The number of aromatic hydroxyl groups is 9. The summed E-state index contributed by atoms with van der Waals surface area (Å²) in [4.78, 5) is 112. The van der Waals surface area contributed by atoms with Crippen molar-refractivity contribution in [1.82, 2.24) is 0 Å². The average Bonchev–Trinajstić information content (AvgIpc) is 1.05. The van der Waals surface area contributed by atoms with E-state index in [2.05, 4.69) is 0 Å². The van der Waals surface area contributed by atoms with Gasteiger partial charge in [-0.2, -0.15) is 0 Å². The molecule has 1 heterocycles. The molecule has 0 spiro atoms. The van der Waals surface area contributed by atoms with Crippen molar-refractivity contribution in [2.45, 2.75) is 6.92 Å². The van der Waals surface area contributed by atoms with Crippen LogP contribution in [0.3, 0.4) is 0 Å². The summed E-state index contributed by atoms with van der Waals surface area (Å²) in [5, 5.41) is 80.0. The lowest BCUT2D eigenvalue weighted by atomic mass is 10.2. The summed E-state index contributed by atoms with van der Waals surface area (Å²) < 4.78 is 34.3. The monoisotopic (exact) mass is 1520 g/mol. The molecule has 0 saturated carbocycles. The van der Waals surface area contributed by atoms with E-state index in [0.29, 0.717) is 117 Å². The third kappa shape index (κ3) is 36.2. The minimum absolute atomic E-state index is 0.0166. The first-order valence-corrected chi connectivity index (χ1v) is 31.9. The first-order chi connectivity index (χ1) is 53.4. The number of phenolic OH excluding ortho intramolecular Hbond substituents is 9. The van der Waals surface area contributed by atoms with Gasteiger partial charge in [0.1, 0.15) is 114 Å². The van der Waals surface area contributed by atoms with Gasteiger partial charge in [0.2, 0.25) is 6.79 Å². The van der Waals surface area contributed by atoms with E-state index in [1.807, 2.05) is 31.2 Å². The van der Waals surface area contributed by atoms with E-state index < -0.39 is 0 Å². The van der Waals surface area contributed by atoms with Crippen molar-refractivity contribution in [2.75, 3.05) is 42.3 Å². The van der Waals surface area contributed by atoms with Crippen LogP contribution in [0.1, 0.15) is 120 Å². The molecule has 0 aromatic heterocycles. The summed E-state index contributed by atoms with van der Waals surface area (Å²) in [5.41, 5.74) is 6.70. The van der Waals surface area contributed by atoms with Crippen molar-refractivity contribution in [3.05, 3.63) is 297 Å². The van der Waals surface area contributed by atoms with Crippen molar-refractivity contribution in [3.8, 4) is 92.0 Å². The van der Waals surface area contributed by atoms with Gasteiger partial charge in [-0.1, -0.05) is 54.1 Å². The third-order valence-electron chi connectivity index (χ3n) is 13.5. The molecule has 0 unspecified atom stereocenters. The van der Waals surface area contributed by atoms with Gasteiger partial charge in [0.05, 0.1) is 46.7 Å². The lowest BCUT2D eigenvalue weighted by Crippen LogP contribution is -1.92. The van der Waals surface area contributed by atoms with E-state index in [0.717, 1.165) is 54.9 Å². The minimum atomic E-state index is -0.199. The second kappa shape index (κ2) is 52.5. The van der Waals surface area contributed by atoms with Crippen LogP contribution in [0, 0.1) is 6.92 Å². The predicted molar refractivity (Wildman–Crippen MR) is 409 cm³/mol. The summed E-state index contributed by atoms with van der Waals surface area (Å²) >= 11 is 0. The molecule has 0 aliphatic carbocycles. The molecule has 27 heteroatoms. The molecule has 11 aromatic carbocycles. The fraction of sp³-hybridized carbons (Fsp3) is 0.0833. The van der Waals surface area contributed by atoms with Gasteiger partial charge in [-0.25, -0.2) is 0 Å². The lowest BCUT2D eigenvalue weighted by molar-refractivity contribution is 0.111. The number of methoxy groups -OCH3 is 5. The zero-order valence-corrected chi connectivity index (χ0v) is 60.4. The number of hydrogen-bond acceptors (Lipinski definition) is 27. The van der Waals surface area contributed by atoms with Crippen LogP contribution in [0.15, 0.2) is 231 Å². The number of phenols is 9. The summed E-state index contributed by atoms with van der Waals surface area (Å²) in [6.45, 7) is 2.24. The van der Waals surface area contributed by atoms with Gasteiger partial charge in [-0.3, -0.25) is 52.7 Å². The number of carbonyl (C=O) groups excluding carboxylic acids is 11. The topological polar surface area (TPSA) is 434 Å². The average molecular weight is 1520 g/mol. The number of carbonyl (C=O) groups is 11. The fourth-order valence-electron chi connectivity index (χ4n) is 7.84. The Morgan fingerprint density at radius 1 is 0.252 bits per heavy atom. The number of benzene rings is 11. The molecule has 9 N–H and O–H groups in total. The molecule has 0 bridgehead atoms. The molecule has 0 fully saturated rings. The molecular weight excluding hydrogens is 1440 g/mol. The van der Waals surface area contributed by atoms with E-state index >= 15 is 0 Å². The Labute approximate surface area is 636 Å². The molecule has 111 heavy (non-hydrogen) atoms. The first-order valence-electron chi connectivity index (χ1n) is 31.9. The van der Waals surface area contributed by atoms with Crippen molar-refractivity contribution in [3.63, 3.8) is 0 Å². The summed E-state index contributed by atoms with van der Waals surface area (Å²) in [5.74, 6) is 3.86. The van der Waals surface area contributed by atoms with Crippen LogP contribution in [0.5, 0.6) is 92.0 Å². The Morgan fingerprint density at radius 3 is 1.14 bits per heavy atom. The Kier molecular flexibility index (Phi) is 43.4. The summed E-state index contributed by atoms with van der Waals surface area (Å²) in [7, 11) is 7.50. The van der Waals surface area contributed by atoms with Crippen LogP contribution in [0.25, 0.3) is 0 Å². The van der Waals surface area contributed by atoms with Gasteiger partial charge < -0.3 is 79.1 Å². The molecule has 576 valence electrons. The highest BCUT2D eigenvalue weighted by Gasteiger charge is 2.13. The number of aldehydes is 11. The molecule has 0 radical (unpaired) electrons. The van der Waals surface area contributed by atoms with E-state index in [1.165, 1.54) is 118 Å². The molecule has 0 amide bonds. The zero-order valence-electron chi connectivity index (χ0n) is 60.4. The molecular formula is C84H78O27. The van der Waals surface area contributed by atoms with E-state index in [9.17, 15) is 52.7 Å². The highest BCUT2D eigenvalue weighted by Crippen LogP contribution is 2.32. The van der Waals surface area contributed by atoms with Crippen LogP contribution < -0.4 is 33.2 Å². The van der Waals surface area contributed by atoms with Crippen LogP contribution >= 0.6 is 0 Å². The maximum Gasteiger partial charge on any atom is 0.231 e. The predicted octanol–water partition coefficient (Wildman–Crippen LogP) is 13.9. The van der Waals surface area contributed by atoms with Gasteiger partial charge in [-0.05, 0) is 171 Å². The molecule has 0 atom stereocenters. The quantitative estimate of drug-likeness (QED) is 0.0406. The number of fused-ring (bicyclic) bond motifs is 1. The standard InChI is InChI=1S/C8H6O3.3C8H8O3.2C8H8O2.C8H8O.2C7H6O3.2C7H6O2/c9-4-6-1-2-7-8(3-6)11-5-10-7;1-11-8-4-7(10)3-2-6(8)5-9;1-11-8-3-2-6(5-9)4-7(8)10;1-11-8-4-6(5-9)2-3-7(8)10;1-10-8-4-2-7(6-9)3-5-8;1-10-8-4-2-3-7(5-8)6-9;1-7-2-4-8(6-9)5-3-7;8-4-5-1-6(9)3-7(10)2-5;8-4-5-1-2-6(9)3-7(5)10;8-5-6-1-3-7(9)4-2-6;8-5-6-2-1-3-7(9)4-6/h1-4H,5H2;3*2-5,10H,1H3;2*2-6H,1H3;2-6H,1H3;2*1-4,9-10H;2*1-5,9H. The Morgan fingerprint density at radius 2 is 0.658 bits per heavy atom. The SMILES string of the molecule is COc1cc(C=O)ccc1O.COc1cc(O)ccc1C=O.COc1ccc(C=O)cc1.COc1ccc(C=O)cc1O.COc1cccc(C=O)c1.Cc1ccc(C=O)cc1.O=Cc1cc(O)cc(O)c1.O=Cc1ccc(O)cc1.O=Cc1ccc(O)cc1O.O=Cc1ccc2c(c1)OCO2.O=Cc1cccc(O)c1. The van der Waals surface area contributed by atoms with Gasteiger partial charge in [-0.15, -0.1) is 0 Å².